The molecule has 9 heteroatoms. The van der Waals surface area contributed by atoms with Gasteiger partial charge in [-0.3, -0.25) is 9.93 Å². The van der Waals surface area contributed by atoms with E-state index < -0.39 is 0 Å². The summed E-state index contributed by atoms with van der Waals surface area (Å²) in [7, 11) is 0. The molecule has 0 spiro atoms. The number of pyridine rings is 1. The van der Waals surface area contributed by atoms with Crippen molar-refractivity contribution < 1.29 is 4.79 Å². The summed E-state index contributed by atoms with van der Waals surface area (Å²) in [6.45, 7) is 8.53. The van der Waals surface area contributed by atoms with E-state index in [2.05, 4.69) is 33.3 Å². The van der Waals surface area contributed by atoms with E-state index in [4.69, 9.17) is 10.1 Å². The van der Waals surface area contributed by atoms with Crippen LogP contribution in [0.5, 0.6) is 0 Å². The lowest BCUT2D eigenvalue weighted by molar-refractivity contribution is 0.0740. The first-order chi connectivity index (χ1) is 19.0. The highest BCUT2D eigenvalue weighted by molar-refractivity contribution is 7.97. The Kier molecular flexibility index (Phi) is 8.24. The third-order valence-electron chi connectivity index (χ3n) is 7.71. The van der Waals surface area contributed by atoms with Crippen molar-refractivity contribution in [3.63, 3.8) is 0 Å². The molecule has 39 heavy (non-hydrogen) atoms. The van der Waals surface area contributed by atoms with Crippen LogP contribution in [-0.2, 0) is 0 Å². The van der Waals surface area contributed by atoms with Gasteiger partial charge in [0, 0.05) is 50.2 Å². The van der Waals surface area contributed by atoms with Gasteiger partial charge in [-0.2, -0.15) is 5.26 Å². The molecule has 2 aliphatic heterocycles. The van der Waals surface area contributed by atoms with Crippen LogP contribution in [0.4, 0.5) is 17.2 Å². The van der Waals surface area contributed by atoms with E-state index in [0.29, 0.717) is 24.3 Å². The molecule has 0 saturated carbocycles. The van der Waals surface area contributed by atoms with Crippen LogP contribution < -0.4 is 20.3 Å². The molecule has 1 amide bonds. The number of piperazine rings is 1. The van der Waals surface area contributed by atoms with Crippen LogP contribution in [-0.4, -0.2) is 61.1 Å². The zero-order chi connectivity index (χ0) is 27.4. The number of nitriles is 1. The van der Waals surface area contributed by atoms with Gasteiger partial charge in [-0.05, 0) is 74.0 Å². The maximum absolute atomic E-state index is 13.6. The Morgan fingerprint density at radius 3 is 2.28 bits per heavy atom. The van der Waals surface area contributed by atoms with Gasteiger partial charge in [0.2, 0.25) is 0 Å². The number of aromatic nitrogens is 1. The van der Waals surface area contributed by atoms with Crippen molar-refractivity contribution in [2.45, 2.75) is 37.6 Å². The predicted molar refractivity (Wildman–Crippen MR) is 158 cm³/mol. The molecule has 8 nitrogen and oxygen atoms in total. The molecule has 0 unspecified atom stereocenters. The summed E-state index contributed by atoms with van der Waals surface area (Å²) in [6.07, 6.45) is 1.87. The Morgan fingerprint density at radius 1 is 0.949 bits per heavy atom. The molecule has 2 saturated heterocycles. The first-order valence-electron chi connectivity index (χ1n) is 13.5. The molecule has 0 atom stereocenters. The molecule has 2 aliphatic rings. The van der Waals surface area contributed by atoms with Gasteiger partial charge in [0.1, 0.15) is 17.6 Å². The number of amides is 1. The molecular weight excluding hydrogens is 506 g/mol. The standard InChI is InChI=1S/C30H35N7OS/c1-21-19-22(2)29(33-24-11-13-35(14-12-24)25-8-4-3-7-23(25)20-31)34-28(21)30(38)37-17-15-36(16-18-37)26-9-5-6-10-27(26)39-32/h3-10,19,24H,11-18,32H2,1-2H3,(H,33,34). The van der Waals surface area contributed by atoms with Crippen LogP contribution in [0.3, 0.4) is 0 Å². The molecular formula is C30H35N7OS. The van der Waals surface area contributed by atoms with Crippen LogP contribution in [0.1, 0.15) is 40.0 Å². The first kappa shape index (κ1) is 26.9. The zero-order valence-electron chi connectivity index (χ0n) is 22.6. The van der Waals surface area contributed by atoms with Gasteiger partial charge in [-0.15, -0.1) is 0 Å². The number of hydrogen-bond donors (Lipinski definition) is 2. The quantitative estimate of drug-likeness (QED) is 0.438. The molecule has 3 N–H and O–H groups in total. The zero-order valence-corrected chi connectivity index (χ0v) is 23.4. The number of rotatable bonds is 6. The van der Waals surface area contributed by atoms with Gasteiger partial charge < -0.3 is 20.0 Å². The number of nitrogens with one attached hydrogen (secondary N) is 1. The van der Waals surface area contributed by atoms with Gasteiger partial charge in [-0.25, -0.2) is 4.98 Å². The molecule has 3 aromatic rings. The second kappa shape index (κ2) is 12.0. The van der Waals surface area contributed by atoms with E-state index in [1.165, 1.54) is 11.9 Å². The van der Waals surface area contributed by atoms with Gasteiger partial charge in [0.25, 0.3) is 5.91 Å². The Morgan fingerprint density at radius 2 is 1.59 bits per heavy atom. The van der Waals surface area contributed by atoms with Gasteiger partial charge in [0.05, 0.1) is 16.9 Å². The number of benzene rings is 2. The summed E-state index contributed by atoms with van der Waals surface area (Å²) in [5.74, 6) is 0.770. The topological polar surface area (TPSA) is 102 Å². The largest absolute Gasteiger partial charge is 0.370 e. The molecule has 5 rings (SSSR count). The second-order valence-electron chi connectivity index (χ2n) is 10.2. The van der Waals surface area contributed by atoms with Crippen molar-refractivity contribution in [2.24, 2.45) is 5.14 Å². The first-order valence-corrected chi connectivity index (χ1v) is 14.3. The Labute approximate surface area is 234 Å². The van der Waals surface area contributed by atoms with E-state index in [1.807, 2.05) is 61.2 Å². The summed E-state index contributed by atoms with van der Waals surface area (Å²) in [5.41, 5.74) is 5.30. The SMILES string of the molecule is Cc1cc(C)c(C(=O)N2CCN(c3ccccc3SN)CC2)nc1NC1CCN(c2ccccc2C#N)CC1. The minimum atomic E-state index is -0.0142. The predicted octanol–water partition coefficient (Wildman–Crippen LogP) is 4.58. The highest BCUT2D eigenvalue weighted by atomic mass is 32.2. The van der Waals surface area contributed by atoms with Gasteiger partial charge >= 0.3 is 0 Å². The fourth-order valence-corrected chi connectivity index (χ4v) is 6.01. The van der Waals surface area contributed by atoms with Crippen molar-refractivity contribution in [3.05, 3.63) is 77.0 Å². The Balaban J connectivity index is 1.23. The number of para-hydroxylation sites is 2. The lowest BCUT2D eigenvalue weighted by Crippen LogP contribution is -2.49. The summed E-state index contributed by atoms with van der Waals surface area (Å²) in [6, 6.07) is 20.5. The van der Waals surface area contributed by atoms with E-state index in [0.717, 1.165) is 72.2 Å². The number of nitrogens with two attached hydrogens (primary N) is 1. The Hall–Kier alpha value is -3.74. The average molecular weight is 542 g/mol. The van der Waals surface area contributed by atoms with Crippen LogP contribution in [0.15, 0.2) is 59.5 Å². The number of hydrogen-bond acceptors (Lipinski definition) is 8. The Bertz CT molecular complexity index is 1370. The minimum Gasteiger partial charge on any atom is -0.370 e. The molecule has 0 bridgehead atoms. The molecule has 2 fully saturated rings. The van der Waals surface area contributed by atoms with Gasteiger partial charge in [0.15, 0.2) is 0 Å². The highest BCUT2D eigenvalue weighted by Crippen LogP contribution is 2.29. The van der Waals surface area contributed by atoms with Crippen molar-refractivity contribution in [3.8, 4) is 6.07 Å². The maximum atomic E-state index is 13.6. The smallest absolute Gasteiger partial charge is 0.272 e. The van der Waals surface area contributed by atoms with Crippen molar-refractivity contribution in [1.82, 2.24) is 9.88 Å². The average Bonchev–Trinajstić information content (AvgIpc) is 2.98. The lowest BCUT2D eigenvalue weighted by Gasteiger charge is -2.37. The lowest BCUT2D eigenvalue weighted by atomic mass is 10.0. The summed E-state index contributed by atoms with van der Waals surface area (Å²) in [4.78, 5) is 26.0. The minimum absolute atomic E-state index is 0.0142. The third kappa shape index (κ3) is 5.82. The number of piperidine rings is 1. The normalized spacial score (nSPS) is 16.2. The van der Waals surface area contributed by atoms with Crippen LogP contribution >= 0.6 is 11.9 Å². The van der Waals surface area contributed by atoms with Crippen molar-refractivity contribution >= 4 is 35.0 Å². The molecule has 3 heterocycles. The number of nitrogens with zero attached hydrogens (tertiary/aromatic N) is 5. The van der Waals surface area contributed by atoms with E-state index in [1.54, 1.807) is 0 Å². The summed E-state index contributed by atoms with van der Waals surface area (Å²) in [5, 5.41) is 18.9. The van der Waals surface area contributed by atoms with E-state index >= 15 is 0 Å². The highest BCUT2D eigenvalue weighted by Gasteiger charge is 2.27. The van der Waals surface area contributed by atoms with Gasteiger partial charge in [-0.1, -0.05) is 30.3 Å². The van der Waals surface area contributed by atoms with Crippen molar-refractivity contribution in [1.29, 1.82) is 5.26 Å². The fourth-order valence-electron chi connectivity index (χ4n) is 5.53. The number of anilines is 3. The van der Waals surface area contributed by atoms with Crippen LogP contribution in [0, 0.1) is 25.2 Å². The number of carbonyl (C=O) groups excluding carboxylic acids is 1. The number of aryl methyl sites for hydroxylation is 2. The molecule has 2 aromatic carbocycles. The van der Waals surface area contributed by atoms with E-state index in [9.17, 15) is 10.1 Å². The third-order valence-corrected chi connectivity index (χ3v) is 8.31. The fraction of sp³-hybridized carbons (Fsp3) is 0.367. The van der Waals surface area contributed by atoms with Crippen LogP contribution in [0.25, 0.3) is 0 Å². The molecule has 0 aliphatic carbocycles. The molecule has 0 radical (unpaired) electrons. The molecule has 1 aromatic heterocycles. The van der Waals surface area contributed by atoms with Crippen LogP contribution in [0.2, 0.25) is 0 Å². The van der Waals surface area contributed by atoms with Crippen molar-refractivity contribution in [2.75, 3.05) is 54.4 Å². The molecule has 202 valence electrons. The second-order valence-corrected chi connectivity index (χ2v) is 10.9. The number of carbonyl (C=O) groups is 1. The monoisotopic (exact) mass is 541 g/mol. The summed E-state index contributed by atoms with van der Waals surface area (Å²) >= 11 is 1.26. The summed E-state index contributed by atoms with van der Waals surface area (Å²) < 4.78 is 0. The maximum Gasteiger partial charge on any atom is 0.272 e. The van der Waals surface area contributed by atoms with E-state index in [-0.39, 0.29) is 11.9 Å².